The quantitative estimate of drug-likeness (QED) is 0.791. The molecule has 1 aliphatic heterocycles. The standard InChI is InChI=1S/C15H30N2O/c1-12(9-15(2,3)4)8-14(18)17-11-13-6-5-7-16-10-13/h12-13,16H,5-11H2,1-4H3,(H,17,18). The molecule has 0 aromatic carbocycles. The topological polar surface area (TPSA) is 41.1 Å². The fourth-order valence-electron chi connectivity index (χ4n) is 2.86. The normalized spacial score (nSPS) is 22.6. The molecule has 1 heterocycles. The SMILES string of the molecule is CC(CC(=O)NCC1CCCNC1)CC(C)(C)C. The monoisotopic (exact) mass is 254 g/mol. The molecule has 2 N–H and O–H groups in total. The second kappa shape index (κ2) is 7.13. The fraction of sp³-hybridized carbons (Fsp3) is 0.933. The predicted molar refractivity (Wildman–Crippen MR) is 76.5 cm³/mol. The molecule has 2 unspecified atom stereocenters. The zero-order valence-electron chi connectivity index (χ0n) is 12.5. The Bertz CT molecular complexity index is 252. The summed E-state index contributed by atoms with van der Waals surface area (Å²) in [6.07, 6.45) is 4.24. The van der Waals surface area contributed by atoms with Crippen LogP contribution in [0.1, 0.15) is 53.4 Å². The van der Waals surface area contributed by atoms with Gasteiger partial charge >= 0.3 is 0 Å². The lowest BCUT2D eigenvalue weighted by Crippen LogP contribution is -2.38. The fourth-order valence-corrected chi connectivity index (χ4v) is 2.86. The summed E-state index contributed by atoms with van der Waals surface area (Å²) in [4.78, 5) is 11.9. The Morgan fingerprint density at radius 1 is 1.44 bits per heavy atom. The maximum atomic E-state index is 11.9. The Balaban J connectivity index is 2.16. The van der Waals surface area contributed by atoms with Gasteiger partial charge in [0.1, 0.15) is 0 Å². The van der Waals surface area contributed by atoms with Gasteiger partial charge < -0.3 is 10.6 Å². The van der Waals surface area contributed by atoms with Crippen molar-refractivity contribution in [1.82, 2.24) is 10.6 Å². The first-order chi connectivity index (χ1) is 8.37. The van der Waals surface area contributed by atoms with E-state index in [0.717, 1.165) is 26.1 Å². The van der Waals surface area contributed by atoms with Gasteiger partial charge in [0.25, 0.3) is 0 Å². The zero-order chi connectivity index (χ0) is 13.6. The van der Waals surface area contributed by atoms with Gasteiger partial charge in [0, 0.05) is 13.0 Å². The van der Waals surface area contributed by atoms with Crippen molar-refractivity contribution in [3.05, 3.63) is 0 Å². The van der Waals surface area contributed by atoms with Crippen molar-refractivity contribution in [2.45, 2.75) is 53.4 Å². The van der Waals surface area contributed by atoms with Gasteiger partial charge in [0.05, 0.1) is 0 Å². The van der Waals surface area contributed by atoms with Gasteiger partial charge in [-0.1, -0.05) is 27.7 Å². The molecular formula is C15H30N2O. The summed E-state index contributed by atoms with van der Waals surface area (Å²) < 4.78 is 0. The highest BCUT2D eigenvalue weighted by Crippen LogP contribution is 2.25. The maximum Gasteiger partial charge on any atom is 0.220 e. The first kappa shape index (κ1) is 15.5. The molecule has 0 radical (unpaired) electrons. The van der Waals surface area contributed by atoms with Crippen molar-refractivity contribution in [3.63, 3.8) is 0 Å². The van der Waals surface area contributed by atoms with Crippen LogP contribution in [0.2, 0.25) is 0 Å². The Morgan fingerprint density at radius 2 is 2.17 bits per heavy atom. The Labute approximate surface area is 112 Å². The van der Waals surface area contributed by atoms with Gasteiger partial charge in [-0.3, -0.25) is 4.79 Å². The minimum Gasteiger partial charge on any atom is -0.356 e. The highest BCUT2D eigenvalue weighted by atomic mass is 16.1. The number of carbonyl (C=O) groups excluding carboxylic acids is 1. The highest BCUT2D eigenvalue weighted by molar-refractivity contribution is 5.76. The van der Waals surface area contributed by atoms with E-state index in [-0.39, 0.29) is 5.91 Å². The third-order valence-corrected chi connectivity index (χ3v) is 3.48. The summed E-state index contributed by atoms with van der Waals surface area (Å²) in [5.74, 6) is 1.31. The van der Waals surface area contributed by atoms with Gasteiger partial charge in [-0.05, 0) is 49.6 Å². The van der Waals surface area contributed by atoms with Gasteiger partial charge in [0.15, 0.2) is 0 Å². The molecule has 1 fully saturated rings. The van der Waals surface area contributed by atoms with E-state index < -0.39 is 0 Å². The predicted octanol–water partition coefficient (Wildman–Crippen LogP) is 2.56. The zero-order valence-corrected chi connectivity index (χ0v) is 12.5. The average Bonchev–Trinajstić information content (AvgIpc) is 2.25. The van der Waals surface area contributed by atoms with E-state index in [4.69, 9.17) is 0 Å². The van der Waals surface area contributed by atoms with Crippen LogP contribution in [0, 0.1) is 17.3 Å². The van der Waals surface area contributed by atoms with E-state index in [2.05, 4.69) is 38.3 Å². The Kier molecular flexibility index (Phi) is 6.13. The lowest BCUT2D eigenvalue weighted by atomic mass is 9.84. The lowest BCUT2D eigenvalue weighted by molar-refractivity contribution is -0.122. The Hall–Kier alpha value is -0.570. The second-order valence-corrected chi connectivity index (χ2v) is 7.09. The highest BCUT2D eigenvalue weighted by Gasteiger charge is 2.18. The van der Waals surface area contributed by atoms with Crippen LogP contribution in [0.3, 0.4) is 0 Å². The number of rotatable bonds is 5. The number of piperidine rings is 1. The first-order valence-electron chi connectivity index (χ1n) is 7.34. The van der Waals surface area contributed by atoms with Crippen molar-refractivity contribution in [3.8, 4) is 0 Å². The number of hydrogen-bond acceptors (Lipinski definition) is 2. The van der Waals surface area contributed by atoms with E-state index in [0.29, 0.717) is 23.7 Å². The molecule has 0 saturated carbocycles. The van der Waals surface area contributed by atoms with Crippen LogP contribution in [-0.4, -0.2) is 25.5 Å². The number of hydrogen-bond donors (Lipinski definition) is 2. The van der Waals surface area contributed by atoms with Crippen LogP contribution >= 0.6 is 0 Å². The second-order valence-electron chi connectivity index (χ2n) is 7.09. The molecule has 3 heteroatoms. The van der Waals surface area contributed by atoms with Crippen LogP contribution in [0.4, 0.5) is 0 Å². The summed E-state index contributed by atoms with van der Waals surface area (Å²) in [6, 6.07) is 0. The molecule has 1 rings (SSSR count). The summed E-state index contributed by atoms with van der Waals surface area (Å²) in [5.41, 5.74) is 0.312. The molecule has 1 amide bonds. The number of amides is 1. The van der Waals surface area contributed by atoms with Crippen molar-refractivity contribution < 1.29 is 4.79 Å². The van der Waals surface area contributed by atoms with Crippen molar-refractivity contribution in [2.75, 3.05) is 19.6 Å². The minimum atomic E-state index is 0.220. The van der Waals surface area contributed by atoms with Crippen LogP contribution in [0.25, 0.3) is 0 Å². The molecule has 3 nitrogen and oxygen atoms in total. The smallest absolute Gasteiger partial charge is 0.220 e. The molecule has 1 aliphatic rings. The molecule has 2 atom stereocenters. The average molecular weight is 254 g/mol. The van der Waals surface area contributed by atoms with E-state index in [1.807, 2.05) is 0 Å². The van der Waals surface area contributed by atoms with Crippen molar-refractivity contribution >= 4 is 5.91 Å². The van der Waals surface area contributed by atoms with Gasteiger partial charge in [-0.2, -0.15) is 0 Å². The molecular weight excluding hydrogens is 224 g/mol. The molecule has 0 aromatic heterocycles. The molecule has 0 bridgehead atoms. The third-order valence-electron chi connectivity index (χ3n) is 3.48. The largest absolute Gasteiger partial charge is 0.356 e. The van der Waals surface area contributed by atoms with Crippen LogP contribution < -0.4 is 10.6 Å². The van der Waals surface area contributed by atoms with Gasteiger partial charge in [-0.25, -0.2) is 0 Å². The van der Waals surface area contributed by atoms with Crippen molar-refractivity contribution in [2.24, 2.45) is 17.3 Å². The summed E-state index contributed by atoms with van der Waals surface area (Å²) in [6.45, 7) is 11.9. The summed E-state index contributed by atoms with van der Waals surface area (Å²) in [5, 5.41) is 6.47. The van der Waals surface area contributed by atoms with Gasteiger partial charge in [-0.15, -0.1) is 0 Å². The number of nitrogens with one attached hydrogen (secondary N) is 2. The van der Waals surface area contributed by atoms with Gasteiger partial charge in [0.2, 0.25) is 5.91 Å². The lowest BCUT2D eigenvalue weighted by Gasteiger charge is -2.24. The molecule has 0 aliphatic carbocycles. The van der Waals surface area contributed by atoms with E-state index in [1.54, 1.807) is 0 Å². The Morgan fingerprint density at radius 3 is 2.72 bits per heavy atom. The summed E-state index contributed by atoms with van der Waals surface area (Å²) >= 11 is 0. The van der Waals surface area contributed by atoms with E-state index in [9.17, 15) is 4.79 Å². The van der Waals surface area contributed by atoms with E-state index >= 15 is 0 Å². The third kappa shape index (κ3) is 7.00. The first-order valence-corrected chi connectivity index (χ1v) is 7.34. The van der Waals surface area contributed by atoms with Crippen LogP contribution in [-0.2, 0) is 4.79 Å². The van der Waals surface area contributed by atoms with E-state index in [1.165, 1.54) is 12.8 Å². The number of carbonyl (C=O) groups is 1. The molecule has 106 valence electrons. The molecule has 0 spiro atoms. The van der Waals surface area contributed by atoms with Crippen LogP contribution in [0.15, 0.2) is 0 Å². The molecule has 1 saturated heterocycles. The summed E-state index contributed by atoms with van der Waals surface area (Å²) in [7, 11) is 0. The van der Waals surface area contributed by atoms with Crippen molar-refractivity contribution in [1.29, 1.82) is 0 Å². The van der Waals surface area contributed by atoms with Crippen LogP contribution in [0.5, 0.6) is 0 Å². The minimum absolute atomic E-state index is 0.220. The maximum absolute atomic E-state index is 11.9. The molecule has 18 heavy (non-hydrogen) atoms. The molecule has 0 aromatic rings.